The Balaban J connectivity index is 2.08. The van der Waals surface area contributed by atoms with Crippen LogP contribution in [0.3, 0.4) is 0 Å². The van der Waals surface area contributed by atoms with E-state index >= 15 is 0 Å². The first kappa shape index (κ1) is 17.7. The van der Waals surface area contributed by atoms with E-state index in [2.05, 4.69) is 9.44 Å². The van der Waals surface area contributed by atoms with Gasteiger partial charge in [0.25, 0.3) is 10.0 Å². The maximum Gasteiger partial charge on any atom is 0.263 e. The number of fused-ring (bicyclic) bond motifs is 1. The van der Waals surface area contributed by atoms with E-state index in [0.717, 1.165) is 0 Å². The lowest BCUT2D eigenvalue weighted by molar-refractivity contribution is 0.542. The molecule has 0 saturated carbocycles. The summed E-state index contributed by atoms with van der Waals surface area (Å²) in [6.45, 7) is 0. The molecule has 0 heterocycles. The number of halogens is 1. The Morgan fingerprint density at radius 3 is 2.08 bits per heavy atom. The first-order valence-corrected chi connectivity index (χ1v) is 9.97. The number of hydrogen-bond donors (Lipinski definition) is 2. The minimum absolute atomic E-state index is 0.0383. The van der Waals surface area contributed by atoms with Crippen LogP contribution in [0, 0.1) is 0 Å². The molecule has 3 aromatic carbocycles. The number of sulfonamides is 1. The second kappa shape index (κ2) is 7.01. The molecule has 1 unspecified atom stereocenters. The van der Waals surface area contributed by atoms with Crippen molar-refractivity contribution in [3.63, 3.8) is 0 Å². The largest absolute Gasteiger partial charge is 0.755 e. The van der Waals surface area contributed by atoms with Gasteiger partial charge in [-0.1, -0.05) is 48.0 Å². The molecule has 2 N–H and O–H groups in total. The quantitative estimate of drug-likeness (QED) is 0.646. The van der Waals surface area contributed by atoms with E-state index in [1.807, 2.05) is 0 Å². The molecule has 0 saturated heterocycles. The van der Waals surface area contributed by atoms with Crippen molar-refractivity contribution in [2.45, 2.75) is 4.90 Å². The highest BCUT2D eigenvalue weighted by Gasteiger charge is 2.19. The molecule has 0 spiro atoms. The van der Waals surface area contributed by atoms with Gasteiger partial charge < -0.3 is 9.27 Å². The fourth-order valence-corrected chi connectivity index (χ4v) is 4.39. The molecule has 9 heteroatoms. The number of nitrogens with one attached hydrogen (secondary N) is 2. The van der Waals surface area contributed by atoms with Crippen molar-refractivity contribution in [2.75, 3.05) is 9.44 Å². The van der Waals surface area contributed by atoms with E-state index < -0.39 is 21.3 Å². The van der Waals surface area contributed by atoms with Gasteiger partial charge in [0.05, 0.1) is 16.4 Å². The predicted molar refractivity (Wildman–Crippen MR) is 98.8 cm³/mol. The Labute approximate surface area is 152 Å². The molecule has 0 aliphatic carbocycles. The van der Waals surface area contributed by atoms with Crippen molar-refractivity contribution in [3.8, 4) is 0 Å². The van der Waals surface area contributed by atoms with E-state index in [0.29, 0.717) is 22.1 Å². The van der Waals surface area contributed by atoms with Crippen molar-refractivity contribution in [1.82, 2.24) is 0 Å². The van der Waals surface area contributed by atoms with Crippen LogP contribution in [-0.2, 0) is 21.3 Å². The molecular formula is C16H12ClN2O4S2-. The van der Waals surface area contributed by atoms with E-state index in [1.54, 1.807) is 36.4 Å². The molecule has 3 aromatic rings. The van der Waals surface area contributed by atoms with Crippen LogP contribution in [0.15, 0.2) is 65.6 Å². The second-order valence-corrected chi connectivity index (χ2v) is 7.81. The van der Waals surface area contributed by atoms with Gasteiger partial charge in [-0.3, -0.25) is 8.93 Å². The normalized spacial score (nSPS) is 12.7. The number of rotatable bonds is 5. The lowest BCUT2D eigenvalue weighted by atomic mass is 10.1. The minimum atomic E-state index is -3.90. The monoisotopic (exact) mass is 395 g/mol. The summed E-state index contributed by atoms with van der Waals surface area (Å²) in [6, 6.07) is 15.9. The summed E-state index contributed by atoms with van der Waals surface area (Å²) in [6.07, 6.45) is 0. The SMILES string of the molecule is O=S([O-])Nc1ccc(NS(=O)(=O)c2ccccc2Cl)c2ccccc12. The summed E-state index contributed by atoms with van der Waals surface area (Å²) in [4.78, 5) is -0.0383. The second-order valence-electron chi connectivity index (χ2n) is 5.08. The minimum Gasteiger partial charge on any atom is -0.755 e. The summed E-state index contributed by atoms with van der Waals surface area (Å²) in [5, 5.41) is 1.22. The topological polar surface area (TPSA) is 98.3 Å². The zero-order chi connectivity index (χ0) is 18.0. The van der Waals surface area contributed by atoms with Gasteiger partial charge in [-0.25, -0.2) is 8.42 Å². The van der Waals surface area contributed by atoms with Gasteiger partial charge in [0, 0.05) is 22.0 Å². The van der Waals surface area contributed by atoms with Gasteiger partial charge in [0.15, 0.2) is 0 Å². The van der Waals surface area contributed by atoms with Crippen LogP contribution in [0.25, 0.3) is 10.8 Å². The van der Waals surface area contributed by atoms with E-state index in [-0.39, 0.29) is 9.92 Å². The van der Waals surface area contributed by atoms with Crippen molar-refractivity contribution in [3.05, 3.63) is 65.7 Å². The van der Waals surface area contributed by atoms with Crippen molar-refractivity contribution in [2.24, 2.45) is 0 Å². The molecule has 0 radical (unpaired) electrons. The number of anilines is 2. The van der Waals surface area contributed by atoms with Crippen LogP contribution in [-0.4, -0.2) is 17.2 Å². The average Bonchev–Trinajstić information content (AvgIpc) is 2.57. The van der Waals surface area contributed by atoms with Crippen LogP contribution < -0.4 is 9.44 Å². The fourth-order valence-electron chi connectivity index (χ4n) is 2.43. The van der Waals surface area contributed by atoms with Gasteiger partial charge in [-0.05, 0) is 24.3 Å². The third-order valence-electron chi connectivity index (χ3n) is 3.49. The van der Waals surface area contributed by atoms with Gasteiger partial charge >= 0.3 is 0 Å². The highest BCUT2D eigenvalue weighted by atomic mass is 35.5. The number of benzene rings is 3. The maximum atomic E-state index is 12.6. The van der Waals surface area contributed by atoms with E-state index in [1.165, 1.54) is 24.3 Å². The summed E-state index contributed by atoms with van der Waals surface area (Å²) in [7, 11) is -3.90. The van der Waals surface area contributed by atoms with Crippen molar-refractivity contribution >= 4 is 55.0 Å². The predicted octanol–water partition coefficient (Wildman–Crippen LogP) is 3.50. The van der Waals surface area contributed by atoms with Crippen molar-refractivity contribution in [1.29, 1.82) is 0 Å². The van der Waals surface area contributed by atoms with E-state index in [9.17, 15) is 17.2 Å². The molecule has 130 valence electrons. The van der Waals surface area contributed by atoms with Crippen LogP contribution in [0.1, 0.15) is 0 Å². The zero-order valence-corrected chi connectivity index (χ0v) is 15.0. The summed E-state index contributed by atoms with van der Waals surface area (Å²) in [5.41, 5.74) is 0.669. The maximum absolute atomic E-state index is 12.6. The molecule has 0 aliphatic heterocycles. The Hall–Kier alpha value is -2.13. The highest BCUT2D eigenvalue weighted by molar-refractivity contribution is 7.92. The first-order chi connectivity index (χ1) is 11.9. The third-order valence-corrected chi connectivity index (χ3v) is 5.74. The fraction of sp³-hybridized carbons (Fsp3) is 0. The molecule has 3 rings (SSSR count). The standard InChI is InChI=1S/C16H13ClN2O4S2/c17-13-7-3-4-8-16(13)25(22,23)19-15-10-9-14(18-24(20)21)11-5-1-2-6-12(11)15/h1-10,18-19H,(H,20,21)/p-1. The van der Waals surface area contributed by atoms with Crippen LogP contribution >= 0.6 is 11.6 Å². The van der Waals surface area contributed by atoms with E-state index in [4.69, 9.17) is 11.6 Å². The zero-order valence-electron chi connectivity index (χ0n) is 12.6. The highest BCUT2D eigenvalue weighted by Crippen LogP contribution is 2.32. The lowest BCUT2D eigenvalue weighted by Gasteiger charge is -2.15. The van der Waals surface area contributed by atoms with Crippen LogP contribution in [0.4, 0.5) is 11.4 Å². The number of hydrogen-bond acceptors (Lipinski definition) is 4. The molecule has 0 fully saturated rings. The average molecular weight is 396 g/mol. The summed E-state index contributed by atoms with van der Waals surface area (Å²) >= 11 is 3.49. The first-order valence-electron chi connectivity index (χ1n) is 7.03. The molecule has 0 bridgehead atoms. The summed E-state index contributed by atoms with van der Waals surface area (Å²) < 4.78 is 51.9. The van der Waals surface area contributed by atoms with Gasteiger partial charge in [-0.15, -0.1) is 0 Å². The van der Waals surface area contributed by atoms with Crippen molar-refractivity contribution < 1.29 is 17.2 Å². The molecule has 0 aromatic heterocycles. The molecular weight excluding hydrogens is 384 g/mol. The van der Waals surface area contributed by atoms with Gasteiger partial charge in [-0.2, -0.15) is 0 Å². The molecule has 0 amide bonds. The Bertz CT molecular complexity index is 1070. The third kappa shape index (κ3) is 3.77. The smallest absolute Gasteiger partial charge is 0.263 e. The van der Waals surface area contributed by atoms with Crippen LogP contribution in [0.5, 0.6) is 0 Å². The lowest BCUT2D eigenvalue weighted by Crippen LogP contribution is -2.14. The van der Waals surface area contributed by atoms with Gasteiger partial charge in [0.2, 0.25) is 0 Å². The molecule has 25 heavy (non-hydrogen) atoms. The Kier molecular flexibility index (Phi) is 4.96. The molecule has 1 atom stereocenters. The Morgan fingerprint density at radius 2 is 1.44 bits per heavy atom. The Morgan fingerprint density at radius 1 is 0.880 bits per heavy atom. The molecule has 0 aliphatic rings. The molecule has 6 nitrogen and oxygen atoms in total. The van der Waals surface area contributed by atoms with Crippen LogP contribution in [0.2, 0.25) is 5.02 Å². The van der Waals surface area contributed by atoms with Gasteiger partial charge in [0.1, 0.15) is 4.90 Å². The summed E-state index contributed by atoms with van der Waals surface area (Å²) in [5.74, 6) is 0.